The molecule has 0 radical (unpaired) electrons. The number of halogens is 6. The molecule has 1 saturated heterocycles. The van der Waals surface area contributed by atoms with Crippen LogP contribution < -0.4 is 5.32 Å². The zero-order chi connectivity index (χ0) is 25.0. The van der Waals surface area contributed by atoms with Crippen LogP contribution in [0.3, 0.4) is 0 Å². The molecular weight excluding hydrogens is 504 g/mol. The van der Waals surface area contributed by atoms with E-state index >= 15 is 17.6 Å². The van der Waals surface area contributed by atoms with E-state index in [9.17, 15) is 8.78 Å². The molecule has 6 aliphatic rings. The third-order valence-electron chi connectivity index (χ3n) is 9.11. The molecule has 35 heavy (non-hydrogen) atoms. The first kappa shape index (κ1) is 24.5. The van der Waals surface area contributed by atoms with Crippen molar-refractivity contribution >= 4 is 23.5 Å². The Morgan fingerprint density at radius 3 is 1.57 bits per heavy atom. The van der Waals surface area contributed by atoms with Gasteiger partial charge in [0.25, 0.3) is 0 Å². The van der Waals surface area contributed by atoms with Gasteiger partial charge in [-0.15, -0.1) is 23.5 Å². The molecule has 2 atom stereocenters. The van der Waals surface area contributed by atoms with Gasteiger partial charge in [-0.1, -0.05) is 19.3 Å². The summed E-state index contributed by atoms with van der Waals surface area (Å²) in [4.78, 5) is 1.75. The molecule has 1 N–H and O–H groups in total. The average Bonchev–Trinajstić information content (AvgIpc) is 3.40. The van der Waals surface area contributed by atoms with Gasteiger partial charge in [0.1, 0.15) is 0 Å². The Kier molecular flexibility index (Phi) is 5.34. The number of rotatable bonds is 2. The standard InChI is InChI=1S/C26H29F6NS2/c1-22-16(12-18(34-22)14-6-4-3-5-7-14)20-21(25(29,30)26(31,32)24(20,27)28)17-13-19(35-23(17,22)2)15-8-10-33-11-9-15/h12-15,33H,3-11H2,1-2H3. The van der Waals surface area contributed by atoms with Gasteiger partial charge >= 0.3 is 17.8 Å². The fourth-order valence-electron chi connectivity index (χ4n) is 6.86. The predicted octanol–water partition coefficient (Wildman–Crippen LogP) is 7.87. The summed E-state index contributed by atoms with van der Waals surface area (Å²) in [6.07, 6.45) is 9.77. The highest BCUT2D eigenvalue weighted by Gasteiger charge is 2.84. The van der Waals surface area contributed by atoms with Crippen LogP contribution in [-0.2, 0) is 0 Å². The van der Waals surface area contributed by atoms with Crippen molar-refractivity contribution in [2.45, 2.75) is 86.1 Å². The van der Waals surface area contributed by atoms with Gasteiger partial charge in [-0.3, -0.25) is 0 Å². The lowest BCUT2D eigenvalue weighted by Gasteiger charge is -2.47. The van der Waals surface area contributed by atoms with Crippen molar-refractivity contribution in [3.05, 3.63) is 44.3 Å². The Morgan fingerprint density at radius 2 is 1.11 bits per heavy atom. The van der Waals surface area contributed by atoms with Crippen molar-refractivity contribution < 1.29 is 26.3 Å². The summed E-state index contributed by atoms with van der Waals surface area (Å²) in [7, 11) is 0. The highest BCUT2D eigenvalue weighted by Crippen LogP contribution is 2.75. The lowest BCUT2D eigenvalue weighted by atomic mass is 9.71. The Hall–Kier alpha value is -0.800. The van der Waals surface area contributed by atoms with Gasteiger partial charge < -0.3 is 5.32 Å². The monoisotopic (exact) mass is 533 g/mol. The summed E-state index contributed by atoms with van der Waals surface area (Å²) < 4.78 is 89.1. The Morgan fingerprint density at radius 1 is 0.686 bits per heavy atom. The molecule has 2 unspecified atom stereocenters. The highest BCUT2D eigenvalue weighted by molar-refractivity contribution is 8.09. The number of thioether (sulfide) groups is 2. The van der Waals surface area contributed by atoms with Crippen LogP contribution in [0.1, 0.15) is 58.8 Å². The van der Waals surface area contributed by atoms with E-state index in [1.165, 1.54) is 23.5 Å². The van der Waals surface area contributed by atoms with Crippen molar-refractivity contribution in [1.82, 2.24) is 5.32 Å². The minimum absolute atomic E-state index is 0.0152. The fraction of sp³-hybridized carbons (Fsp3) is 0.692. The number of hydrogen-bond donors (Lipinski definition) is 1. The van der Waals surface area contributed by atoms with Crippen molar-refractivity contribution in [2.75, 3.05) is 13.1 Å². The van der Waals surface area contributed by atoms with Crippen LogP contribution in [0, 0.1) is 11.8 Å². The summed E-state index contributed by atoms with van der Waals surface area (Å²) in [6.45, 7) is 5.17. The lowest BCUT2D eigenvalue weighted by Crippen LogP contribution is -2.49. The van der Waals surface area contributed by atoms with E-state index in [4.69, 9.17) is 0 Å². The topological polar surface area (TPSA) is 12.0 Å². The Labute approximate surface area is 210 Å². The quantitative estimate of drug-likeness (QED) is 0.363. The molecule has 3 aliphatic heterocycles. The minimum atomic E-state index is -5.47. The van der Waals surface area contributed by atoms with Gasteiger partial charge in [0.15, 0.2) is 0 Å². The van der Waals surface area contributed by atoms with Crippen LogP contribution in [0.15, 0.2) is 44.3 Å². The highest BCUT2D eigenvalue weighted by atomic mass is 32.2. The summed E-state index contributed by atoms with van der Waals surface area (Å²) in [6, 6.07) is 0. The SMILES string of the molecule is CC12SC(C3CCCCC3)=CC1=C1C(=C3C=C(C4CCNCC4)SC32C)C(F)(F)C(F)(F)C1(F)F. The molecule has 192 valence electrons. The predicted molar refractivity (Wildman–Crippen MR) is 129 cm³/mol. The van der Waals surface area contributed by atoms with E-state index in [0.29, 0.717) is 0 Å². The number of nitrogens with one attached hydrogen (secondary N) is 1. The van der Waals surface area contributed by atoms with Crippen molar-refractivity contribution in [1.29, 1.82) is 0 Å². The van der Waals surface area contributed by atoms with Gasteiger partial charge in [-0.25, -0.2) is 0 Å². The van der Waals surface area contributed by atoms with E-state index < -0.39 is 38.4 Å². The van der Waals surface area contributed by atoms with Crippen LogP contribution >= 0.6 is 23.5 Å². The fourth-order valence-corrected chi connectivity index (χ4v) is 10.4. The second-order valence-corrected chi connectivity index (χ2v) is 14.0. The first-order valence-corrected chi connectivity index (χ1v) is 14.2. The molecule has 2 saturated carbocycles. The van der Waals surface area contributed by atoms with E-state index in [1.54, 1.807) is 26.0 Å². The maximum absolute atomic E-state index is 15.4. The molecule has 9 heteroatoms. The van der Waals surface area contributed by atoms with Crippen molar-refractivity contribution in [2.24, 2.45) is 11.8 Å². The molecule has 1 nitrogen and oxygen atoms in total. The molecule has 3 fully saturated rings. The van der Waals surface area contributed by atoms with Crippen molar-refractivity contribution in [3.63, 3.8) is 0 Å². The van der Waals surface area contributed by atoms with E-state index in [2.05, 4.69) is 5.32 Å². The molecule has 0 spiro atoms. The zero-order valence-corrected chi connectivity index (χ0v) is 21.4. The maximum Gasteiger partial charge on any atom is 0.380 e. The molecule has 0 aromatic heterocycles. The summed E-state index contributed by atoms with van der Waals surface area (Å²) >= 11 is 2.90. The van der Waals surface area contributed by atoms with Gasteiger partial charge in [-0.05, 0) is 97.6 Å². The first-order valence-electron chi connectivity index (χ1n) is 12.5. The normalized spacial score (nSPS) is 38.3. The van der Waals surface area contributed by atoms with Gasteiger partial charge in [0.2, 0.25) is 0 Å². The molecule has 0 aromatic carbocycles. The number of hydrogen-bond acceptors (Lipinski definition) is 3. The van der Waals surface area contributed by atoms with Gasteiger partial charge in [-0.2, -0.15) is 26.3 Å². The van der Waals surface area contributed by atoms with Crippen LogP contribution in [0.4, 0.5) is 26.3 Å². The summed E-state index contributed by atoms with van der Waals surface area (Å²) in [5.41, 5.74) is -2.28. The molecule has 3 heterocycles. The average molecular weight is 534 g/mol. The second-order valence-electron chi connectivity index (χ2n) is 11.0. The first-order chi connectivity index (χ1) is 16.4. The minimum Gasteiger partial charge on any atom is -0.317 e. The Bertz CT molecular complexity index is 1010. The van der Waals surface area contributed by atoms with Crippen LogP contribution in [0.25, 0.3) is 0 Å². The molecule has 0 bridgehead atoms. The third-order valence-corrected chi connectivity index (χ3v) is 12.7. The lowest BCUT2D eigenvalue weighted by molar-refractivity contribution is -0.258. The van der Waals surface area contributed by atoms with Gasteiger partial charge in [0, 0.05) is 11.1 Å². The van der Waals surface area contributed by atoms with E-state index in [1.807, 2.05) is 0 Å². The smallest absolute Gasteiger partial charge is 0.317 e. The largest absolute Gasteiger partial charge is 0.380 e. The zero-order valence-electron chi connectivity index (χ0n) is 19.8. The Balaban J connectivity index is 1.58. The van der Waals surface area contributed by atoms with Gasteiger partial charge in [0.05, 0.1) is 9.49 Å². The maximum atomic E-state index is 15.4. The third kappa shape index (κ3) is 2.98. The molecule has 6 rings (SSSR count). The van der Waals surface area contributed by atoms with Crippen LogP contribution in [0.5, 0.6) is 0 Å². The van der Waals surface area contributed by atoms with Crippen LogP contribution in [-0.4, -0.2) is 40.4 Å². The molecular formula is C26H29F6NS2. The number of fused-ring (bicyclic) bond motifs is 4. The summed E-state index contributed by atoms with van der Waals surface area (Å²) in [5.74, 6) is -15.1. The van der Waals surface area contributed by atoms with Crippen LogP contribution in [0.2, 0.25) is 0 Å². The number of piperidine rings is 1. The number of alkyl halides is 6. The van der Waals surface area contributed by atoms with Crippen molar-refractivity contribution in [3.8, 4) is 0 Å². The summed E-state index contributed by atoms with van der Waals surface area (Å²) in [5, 5.41) is 3.28. The van der Waals surface area contributed by atoms with E-state index in [-0.39, 0.29) is 23.0 Å². The molecule has 3 aliphatic carbocycles. The van der Waals surface area contributed by atoms with E-state index in [0.717, 1.165) is 67.8 Å². The second kappa shape index (κ2) is 7.62. The molecule has 0 amide bonds. The molecule has 0 aromatic rings. The number of allylic oxidation sites excluding steroid dienone is 6.